The fourth-order valence-corrected chi connectivity index (χ4v) is 5.47. The number of hydrogen-bond donors (Lipinski definition) is 2. The van der Waals surface area contributed by atoms with Crippen LogP contribution in [0.3, 0.4) is 0 Å². The van der Waals surface area contributed by atoms with Crippen LogP contribution in [0.25, 0.3) is 33.1 Å². The summed E-state index contributed by atoms with van der Waals surface area (Å²) in [6.45, 7) is 0.828. The van der Waals surface area contributed by atoms with Crippen LogP contribution in [0.15, 0.2) is 83.5 Å². The second-order valence-corrected chi connectivity index (χ2v) is 10.6. The second-order valence-electron chi connectivity index (χ2n) is 9.72. The molecular weight excluding hydrogens is 599 g/mol. The Hall–Kier alpha value is -4.38. The van der Waals surface area contributed by atoms with Crippen LogP contribution < -0.4 is 5.32 Å². The number of halogens is 4. The lowest BCUT2D eigenvalue weighted by Crippen LogP contribution is -2.51. The van der Waals surface area contributed by atoms with Gasteiger partial charge in [-0.15, -0.1) is 0 Å². The van der Waals surface area contributed by atoms with Crippen LogP contribution in [0.5, 0.6) is 0 Å². The van der Waals surface area contributed by atoms with E-state index < -0.39 is 17.8 Å². The summed E-state index contributed by atoms with van der Waals surface area (Å²) in [5.74, 6) is -0.201. The van der Waals surface area contributed by atoms with Crippen LogP contribution in [0.2, 0.25) is 0 Å². The van der Waals surface area contributed by atoms with Crippen molar-refractivity contribution in [3.8, 4) is 11.3 Å². The number of aromatic amines is 1. The van der Waals surface area contributed by atoms with E-state index in [1.807, 2.05) is 48.7 Å². The van der Waals surface area contributed by atoms with Crippen molar-refractivity contribution in [1.82, 2.24) is 19.8 Å². The summed E-state index contributed by atoms with van der Waals surface area (Å²) in [7, 11) is 0. The molecule has 1 aliphatic rings. The third-order valence-electron chi connectivity index (χ3n) is 7.19. The number of rotatable bonds is 3. The summed E-state index contributed by atoms with van der Waals surface area (Å²) < 4.78 is 41.0. The first-order valence-electron chi connectivity index (χ1n) is 12.9. The Morgan fingerprint density at radius 3 is 2.37 bits per heavy atom. The first kappa shape index (κ1) is 26.8. The molecule has 0 unspecified atom stereocenters. The Morgan fingerprint density at radius 1 is 0.878 bits per heavy atom. The van der Waals surface area contributed by atoms with Crippen LogP contribution in [0.4, 0.5) is 23.7 Å². The predicted octanol–water partition coefficient (Wildman–Crippen LogP) is 7.15. The number of alkyl halides is 3. The molecule has 1 aliphatic heterocycles. The van der Waals surface area contributed by atoms with Gasteiger partial charge in [0.05, 0.1) is 28.0 Å². The standard InChI is InChI=1S/C30H23BrF3N5O2/c31-18-9-10-24-20(15-18)22(17-35-24)27-16-21(19-5-1-3-7-25(19)36-27)28(40)38-11-13-39(14-12-38)29(41)37-26-8-4-2-6-23(26)30(32,33)34/h1-10,15-17,35H,11-14H2,(H,37,41). The largest absolute Gasteiger partial charge is 0.418 e. The average Bonchev–Trinajstić information content (AvgIpc) is 3.39. The number of aromatic nitrogens is 2. The van der Waals surface area contributed by atoms with E-state index in [2.05, 4.69) is 26.2 Å². The Kier molecular flexibility index (Phi) is 6.90. The Balaban J connectivity index is 1.23. The molecule has 1 saturated heterocycles. The van der Waals surface area contributed by atoms with Gasteiger partial charge in [-0.05, 0) is 42.5 Å². The Bertz CT molecular complexity index is 1790. The van der Waals surface area contributed by atoms with Gasteiger partial charge >= 0.3 is 12.2 Å². The van der Waals surface area contributed by atoms with Gasteiger partial charge < -0.3 is 20.1 Å². The van der Waals surface area contributed by atoms with Crippen LogP contribution in [-0.4, -0.2) is 57.9 Å². The van der Waals surface area contributed by atoms with Crippen LogP contribution in [0, 0.1) is 0 Å². The lowest BCUT2D eigenvalue weighted by Gasteiger charge is -2.35. The maximum absolute atomic E-state index is 13.8. The molecule has 3 heterocycles. The summed E-state index contributed by atoms with van der Waals surface area (Å²) >= 11 is 3.52. The number of amides is 3. The minimum absolute atomic E-state index is 0.179. The number of fused-ring (bicyclic) bond motifs is 2. The SMILES string of the molecule is O=C(Nc1ccccc1C(F)(F)F)N1CCN(C(=O)c2cc(-c3c[nH]c4ccc(Br)cc34)nc3ccccc23)CC1. The molecule has 41 heavy (non-hydrogen) atoms. The van der Waals surface area contributed by atoms with E-state index in [1.54, 1.807) is 11.0 Å². The van der Waals surface area contributed by atoms with Crippen molar-refractivity contribution >= 4 is 55.4 Å². The fraction of sp³-hybridized carbons (Fsp3) is 0.167. The highest BCUT2D eigenvalue weighted by atomic mass is 79.9. The molecule has 1 fully saturated rings. The molecule has 208 valence electrons. The van der Waals surface area contributed by atoms with Gasteiger partial charge in [0.25, 0.3) is 5.91 Å². The van der Waals surface area contributed by atoms with Crippen molar-refractivity contribution in [1.29, 1.82) is 0 Å². The van der Waals surface area contributed by atoms with E-state index in [-0.39, 0.29) is 37.8 Å². The molecule has 5 aromatic rings. The molecule has 0 radical (unpaired) electrons. The van der Waals surface area contributed by atoms with Gasteiger partial charge in [-0.1, -0.05) is 46.3 Å². The third kappa shape index (κ3) is 5.24. The van der Waals surface area contributed by atoms with E-state index in [0.717, 1.165) is 27.0 Å². The first-order valence-corrected chi connectivity index (χ1v) is 13.7. The molecule has 2 N–H and O–H groups in total. The zero-order valence-corrected chi connectivity index (χ0v) is 23.1. The van der Waals surface area contributed by atoms with Gasteiger partial charge in [-0.3, -0.25) is 4.79 Å². The monoisotopic (exact) mass is 621 g/mol. The lowest BCUT2D eigenvalue weighted by molar-refractivity contribution is -0.136. The van der Waals surface area contributed by atoms with E-state index in [9.17, 15) is 22.8 Å². The van der Waals surface area contributed by atoms with Crippen molar-refractivity contribution in [3.63, 3.8) is 0 Å². The number of hydrogen-bond acceptors (Lipinski definition) is 3. The Labute approximate surface area is 241 Å². The van der Waals surface area contributed by atoms with E-state index in [0.29, 0.717) is 22.2 Å². The fourth-order valence-electron chi connectivity index (χ4n) is 5.11. The van der Waals surface area contributed by atoms with Crippen molar-refractivity contribution in [2.24, 2.45) is 0 Å². The molecule has 7 nitrogen and oxygen atoms in total. The number of nitrogens with zero attached hydrogens (tertiary/aromatic N) is 3. The molecule has 0 atom stereocenters. The average molecular weight is 622 g/mol. The predicted molar refractivity (Wildman–Crippen MR) is 155 cm³/mol. The summed E-state index contributed by atoms with van der Waals surface area (Å²) in [5.41, 5.74) is 2.41. The van der Waals surface area contributed by atoms with Crippen molar-refractivity contribution < 1.29 is 22.8 Å². The number of H-pyrrole nitrogens is 1. The molecule has 3 aromatic carbocycles. The molecule has 0 spiro atoms. The summed E-state index contributed by atoms with van der Waals surface area (Å²) in [4.78, 5) is 37.8. The number of piperazine rings is 1. The highest BCUT2D eigenvalue weighted by molar-refractivity contribution is 9.10. The molecule has 0 saturated carbocycles. The Morgan fingerprint density at radius 2 is 1.59 bits per heavy atom. The van der Waals surface area contributed by atoms with Crippen molar-refractivity contribution in [2.75, 3.05) is 31.5 Å². The number of nitrogens with one attached hydrogen (secondary N) is 2. The van der Waals surface area contributed by atoms with Gasteiger partial charge in [0.2, 0.25) is 0 Å². The number of benzene rings is 3. The van der Waals surface area contributed by atoms with Gasteiger partial charge in [0, 0.05) is 58.7 Å². The summed E-state index contributed by atoms with van der Waals surface area (Å²) in [6, 6.07) is 19.3. The molecule has 6 rings (SSSR count). The number of carbonyl (C=O) groups excluding carboxylic acids is 2. The minimum Gasteiger partial charge on any atom is -0.360 e. The third-order valence-corrected chi connectivity index (χ3v) is 7.69. The molecular formula is C30H23BrF3N5O2. The van der Waals surface area contributed by atoms with Gasteiger partial charge in [0.15, 0.2) is 0 Å². The molecule has 11 heteroatoms. The summed E-state index contributed by atoms with van der Waals surface area (Å²) in [6.07, 6.45) is -2.72. The number of urea groups is 1. The van der Waals surface area contributed by atoms with Crippen LogP contribution in [0.1, 0.15) is 15.9 Å². The topological polar surface area (TPSA) is 81.3 Å². The zero-order valence-electron chi connectivity index (χ0n) is 21.5. The van der Waals surface area contributed by atoms with Crippen molar-refractivity contribution in [2.45, 2.75) is 6.18 Å². The van der Waals surface area contributed by atoms with Gasteiger partial charge in [-0.25, -0.2) is 9.78 Å². The van der Waals surface area contributed by atoms with Crippen LogP contribution >= 0.6 is 15.9 Å². The second kappa shape index (κ2) is 10.5. The van der Waals surface area contributed by atoms with Crippen LogP contribution in [-0.2, 0) is 6.18 Å². The highest BCUT2D eigenvalue weighted by Gasteiger charge is 2.34. The first-order chi connectivity index (χ1) is 19.7. The summed E-state index contributed by atoms with van der Waals surface area (Å²) in [5, 5.41) is 4.06. The molecule has 0 bridgehead atoms. The van der Waals surface area contributed by atoms with Gasteiger partial charge in [0.1, 0.15) is 0 Å². The van der Waals surface area contributed by atoms with E-state index >= 15 is 0 Å². The molecule has 0 aliphatic carbocycles. The number of para-hydroxylation sites is 2. The quantitative estimate of drug-likeness (QED) is 0.224. The molecule has 2 aromatic heterocycles. The highest BCUT2D eigenvalue weighted by Crippen LogP contribution is 2.35. The zero-order chi connectivity index (χ0) is 28.7. The molecule has 3 amide bonds. The van der Waals surface area contributed by atoms with E-state index in [4.69, 9.17) is 4.98 Å². The normalized spacial score (nSPS) is 14.0. The van der Waals surface area contributed by atoms with E-state index in [1.165, 1.54) is 23.1 Å². The van der Waals surface area contributed by atoms with Gasteiger partial charge in [-0.2, -0.15) is 13.2 Å². The maximum atomic E-state index is 13.8. The van der Waals surface area contributed by atoms with Crippen molar-refractivity contribution in [3.05, 3.63) is 94.6 Å². The number of pyridine rings is 1. The maximum Gasteiger partial charge on any atom is 0.418 e. The number of carbonyl (C=O) groups is 2. The smallest absolute Gasteiger partial charge is 0.360 e. The number of anilines is 1. The lowest BCUT2D eigenvalue weighted by atomic mass is 10.0. The minimum atomic E-state index is -4.59.